The van der Waals surface area contributed by atoms with Crippen molar-refractivity contribution in [1.82, 2.24) is 0 Å². The lowest BCUT2D eigenvalue weighted by Gasteiger charge is -2.32. The summed E-state index contributed by atoms with van der Waals surface area (Å²) in [5.74, 6) is -0.666. The van der Waals surface area contributed by atoms with Crippen molar-refractivity contribution in [2.24, 2.45) is 0 Å². The molecule has 0 unspecified atom stereocenters. The molecule has 0 spiro atoms. The topological polar surface area (TPSA) is 18.5 Å². The van der Waals surface area contributed by atoms with Gasteiger partial charge in [-0.2, -0.15) is 0 Å². The average molecular weight is 318 g/mol. The average Bonchev–Trinajstić information content (AvgIpc) is 2.67. The molecule has 0 aliphatic carbocycles. The first-order valence-corrected chi connectivity index (χ1v) is 7.92. The highest BCUT2D eigenvalue weighted by Crippen LogP contribution is 2.37. The maximum absolute atomic E-state index is 14.2. The Hall–Kier alpha value is -1.46. The Morgan fingerprint density at radius 1 is 1.00 bits per heavy atom. The van der Waals surface area contributed by atoms with Crippen LogP contribution < -0.4 is 5.46 Å². The molecule has 2 nitrogen and oxygen atoms in total. The van der Waals surface area contributed by atoms with E-state index in [4.69, 9.17) is 9.31 Å². The molecule has 3 rings (SSSR count). The van der Waals surface area contributed by atoms with Gasteiger partial charge in [0.2, 0.25) is 0 Å². The summed E-state index contributed by atoms with van der Waals surface area (Å²) in [5, 5.41) is 1.35. The van der Waals surface area contributed by atoms with E-state index in [1.807, 2.05) is 34.6 Å². The monoisotopic (exact) mass is 318 g/mol. The number of benzene rings is 2. The van der Waals surface area contributed by atoms with Crippen LogP contribution in [0.1, 0.15) is 40.2 Å². The Bertz CT molecular complexity index is 755. The predicted octanol–water partition coefficient (Wildman–Crippen LogP) is 3.98. The van der Waals surface area contributed by atoms with Crippen molar-refractivity contribution < 1.29 is 18.1 Å². The van der Waals surface area contributed by atoms with Crippen molar-refractivity contribution in [3.05, 3.63) is 41.5 Å². The van der Waals surface area contributed by atoms with Crippen LogP contribution >= 0.6 is 0 Å². The quantitative estimate of drug-likeness (QED) is 0.780. The van der Waals surface area contributed by atoms with Gasteiger partial charge in [-0.3, -0.25) is 0 Å². The molecule has 0 amide bonds. The maximum Gasteiger partial charge on any atom is 0.495 e. The van der Waals surface area contributed by atoms with E-state index in [2.05, 4.69) is 0 Å². The molecule has 1 heterocycles. The first-order valence-electron chi connectivity index (χ1n) is 7.92. The van der Waals surface area contributed by atoms with Crippen LogP contribution in [0.4, 0.5) is 8.78 Å². The van der Waals surface area contributed by atoms with Gasteiger partial charge in [0.05, 0.1) is 11.2 Å². The van der Waals surface area contributed by atoms with Gasteiger partial charge in [-0.15, -0.1) is 0 Å². The number of aryl methyl sites for hydroxylation is 1. The predicted molar refractivity (Wildman–Crippen MR) is 89.0 cm³/mol. The number of hydrogen-bond donors (Lipinski definition) is 0. The molecule has 0 N–H and O–H groups in total. The maximum atomic E-state index is 14.2. The lowest BCUT2D eigenvalue weighted by molar-refractivity contribution is 0.00578. The van der Waals surface area contributed by atoms with Gasteiger partial charge in [0, 0.05) is 0 Å². The van der Waals surface area contributed by atoms with Crippen molar-refractivity contribution in [3.63, 3.8) is 0 Å². The lowest BCUT2D eigenvalue weighted by atomic mass is 9.74. The fourth-order valence-electron chi connectivity index (χ4n) is 3.01. The molecule has 23 heavy (non-hydrogen) atoms. The van der Waals surface area contributed by atoms with Gasteiger partial charge < -0.3 is 9.31 Å². The number of hydrogen-bond acceptors (Lipinski definition) is 2. The van der Waals surface area contributed by atoms with E-state index >= 15 is 0 Å². The van der Waals surface area contributed by atoms with Gasteiger partial charge in [0.15, 0.2) is 0 Å². The van der Waals surface area contributed by atoms with Crippen molar-refractivity contribution >= 4 is 23.4 Å². The standard InChI is InChI=1S/C18H21BF2O2/c1-6-13-15(21)8-7-11-9-12(20)10-14(16(11)13)19-22-17(2,3)18(4,5)23-19/h7-10H,6H2,1-5H3. The van der Waals surface area contributed by atoms with Crippen LogP contribution in [-0.2, 0) is 15.7 Å². The molecule has 1 aliphatic rings. The molecular formula is C18H21BF2O2. The molecule has 0 radical (unpaired) electrons. The van der Waals surface area contributed by atoms with Gasteiger partial charge in [-0.25, -0.2) is 8.78 Å². The molecule has 2 aromatic rings. The summed E-state index contributed by atoms with van der Waals surface area (Å²) in [6, 6.07) is 5.79. The molecule has 1 fully saturated rings. The zero-order chi connectivity index (χ0) is 17.0. The highest BCUT2D eigenvalue weighted by atomic mass is 19.1. The van der Waals surface area contributed by atoms with Crippen molar-refractivity contribution in [3.8, 4) is 0 Å². The summed E-state index contributed by atoms with van der Waals surface area (Å²) in [6.07, 6.45) is 0.515. The van der Waals surface area contributed by atoms with Gasteiger partial charge in [-0.1, -0.05) is 13.0 Å². The zero-order valence-electron chi connectivity index (χ0n) is 14.2. The van der Waals surface area contributed by atoms with E-state index in [-0.39, 0.29) is 11.6 Å². The summed E-state index contributed by atoms with van der Waals surface area (Å²) < 4.78 is 40.4. The lowest BCUT2D eigenvalue weighted by Crippen LogP contribution is -2.41. The summed E-state index contributed by atoms with van der Waals surface area (Å²) in [6.45, 7) is 9.65. The first kappa shape index (κ1) is 16.4. The Labute approximate surface area is 135 Å². The summed E-state index contributed by atoms with van der Waals surface area (Å²) in [5.41, 5.74) is 0.0497. The fraction of sp³-hybridized carbons (Fsp3) is 0.444. The Morgan fingerprint density at radius 3 is 2.17 bits per heavy atom. The van der Waals surface area contributed by atoms with E-state index in [9.17, 15) is 8.78 Å². The van der Waals surface area contributed by atoms with Crippen LogP contribution in [0.2, 0.25) is 0 Å². The van der Waals surface area contributed by atoms with Crippen molar-refractivity contribution in [2.75, 3.05) is 0 Å². The third-order valence-electron chi connectivity index (χ3n) is 5.02. The SMILES string of the molecule is CCc1c(F)ccc2cc(F)cc(B3OC(C)(C)C(C)(C)O3)c12. The molecule has 1 saturated heterocycles. The van der Waals surface area contributed by atoms with Crippen LogP contribution in [0.15, 0.2) is 24.3 Å². The van der Waals surface area contributed by atoms with E-state index < -0.39 is 18.3 Å². The molecular weight excluding hydrogens is 297 g/mol. The van der Waals surface area contributed by atoms with E-state index in [1.165, 1.54) is 18.2 Å². The molecule has 122 valence electrons. The molecule has 5 heteroatoms. The Morgan fingerprint density at radius 2 is 1.61 bits per heavy atom. The van der Waals surface area contributed by atoms with E-state index in [0.29, 0.717) is 28.2 Å². The minimum absolute atomic E-state index is 0.288. The minimum atomic E-state index is -0.717. The molecule has 2 aromatic carbocycles. The van der Waals surface area contributed by atoms with E-state index in [0.717, 1.165) is 0 Å². The third kappa shape index (κ3) is 2.56. The van der Waals surface area contributed by atoms with Gasteiger partial charge in [0.1, 0.15) is 11.6 Å². The molecule has 0 atom stereocenters. The molecule has 1 aliphatic heterocycles. The normalized spacial score (nSPS) is 19.5. The number of fused-ring (bicyclic) bond motifs is 1. The summed E-state index contributed by atoms with van der Waals surface area (Å²) in [7, 11) is -0.717. The van der Waals surface area contributed by atoms with Crippen LogP contribution in [-0.4, -0.2) is 18.3 Å². The van der Waals surface area contributed by atoms with Gasteiger partial charge in [-0.05, 0) is 74.1 Å². The summed E-state index contributed by atoms with van der Waals surface area (Å²) >= 11 is 0. The van der Waals surface area contributed by atoms with Crippen LogP contribution in [0.3, 0.4) is 0 Å². The number of halogens is 2. The van der Waals surface area contributed by atoms with E-state index in [1.54, 1.807) is 6.07 Å². The Kier molecular flexibility index (Phi) is 3.77. The first-order chi connectivity index (χ1) is 10.7. The minimum Gasteiger partial charge on any atom is -0.399 e. The second kappa shape index (κ2) is 5.28. The van der Waals surface area contributed by atoms with Crippen LogP contribution in [0.25, 0.3) is 10.8 Å². The number of rotatable bonds is 2. The highest BCUT2D eigenvalue weighted by molar-refractivity contribution is 6.65. The summed E-state index contributed by atoms with van der Waals surface area (Å²) in [4.78, 5) is 0. The zero-order valence-corrected chi connectivity index (χ0v) is 14.2. The van der Waals surface area contributed by atoms with Crippen LogP contribution in [0.5, 0.6) is 0 Å². The fourth-order valence-corrected chi connectivity index (χ4v) is 3.01. The molecule has 0 bridgehead atoms. The highest BCUT2D eigenvalue weighted by Gasteiger charge is 2.52. The third-order valence-corrected chi connectivity index (χ3v) is 5.02. The van der Waals surface area contributed by atoms with Crippen molar-refractivity contribution in [2.45, 2.75) is 52.2 Å². The molecule has 0 aromatic heterocycles. The second-order valence-electron chi connectivity index (χ2n) is 7.06. The largest absolute Gasteiger partial charge is 0.495 e. The smallest absolute Gasteiger partial charge is 0.399 e. The second-order valence-corrected chi connectivity index (χ2v) is 7.06. The Balaban J connectivity index is 2.24. The van der Waals surface area contributed by atoms with Gasteiger partial charge in [0.25, 0.3) is 0 Å². The van der Waals surface area contributed by atoms with Crippen LogP contribution in [0, 0.1) is 11.6 Å². The van der Waals surface area contributed by atoms with Gasteiger partial charge >= 0.3 is 7.12 Å². The molecule has 0 saturated carbocycles. The van der Waals surface area contributed by atoms with Crippen molar-refractivity contribution in [1.29, 1.82) is 0 Å².